The van der Waals surface area contributed by atoms with Crippen molar-refractivity contribution in [2.24, 2.45) is 0 Å². The SMILES string of the molecule is Cc1cnc(OCCOc2ncnc(N)c2-c2c(O)c(O)c(Br)c(O)c2O)nc1. The molecule has 0 radical (unpaired) electrons. The average Bonchev–Trinajstić information content (AvgIpc) is 2.71. The highest BCUT2D eigenvalue weighted by atomic mass is 79.9. The van der Waals surface area contributed by atoms with Crippen molar-refractivity contribution in [3.05, 3.63) is 28.8 Å². The first-order chi connectivity index (χ1) is 13.8. The first-order valence-corrected chi connectivity index (χ1v) is 8.91. The second-order valence-electron chi connectivity index (χ2n) is 5.76. The van der Waals surface area contributed by atoms with E-state index in [2.05, 4.69) is 35.9 Å². The lowest BCUT2D eigenvalue weighted by Crippen LogP contribution is -2.12. The highest BCUT2D eigenvalue weighted by Crippen LogP contribution is 2.55. The van der Waals surface area contributed by atoms with Gasteiger partial charge in [0.1, 0.15) is 29.8 Å². The standard InChI is InChI=1S/C17H16BrN5O6/c1-7-4-20-17(21-5-7)29-3-2-28-16-9(15(19)22-6-23-16)8-11(24)13(26)10(18)14(27)12(8)25/h4-6,24-27H,2-3H2,1H3,(H2,19,22,23). The predicted molar refractivity (Wildman–Crippen MR) is 104 cm³/mol. The molecule has 2 aromatic heterocycles. The molecule has 0 bridgehead atoms. The number of halogens is 1. The number of anilines is 1. The van der Waals surface area contributed by atoms with Crippen LogP contribution in [0.3, 0.4) is 0 Å². The van der Waals surface area contributed by atoms with Gasteiger partial charge in [0.15, 0.2) is 23.0 Å². The van der Waals surface area contributed by atoms with Gasteiger partial charge in [-0.3, -0.25) is 0 Å². The zero-order chi connectivity index (χ0) is 21.1. The fourth-order valence-electron chi connectivity index (χ4n) is 2.36. The lowest BCUT2D eigenvalue weighted by Gasteiger charge is -2.16. The number of nitrogens with zero attached hydrogens (tertiary/aromatic N) is 4. The van der Waals surface area contributed by atoms with Gasteiger partial charge in [0.2, 0.25) is 5.88 Å². The monoisotopic (exact) mass is 465 g/mol. The van der Waals surface area contributed by atoms with Crippen LogP contribution in [0.15, 0.2) is 23.2 Å². The van der Waals surface area contributed by atoms with E-state index in [1.165, 1.54) is 0 Å². The van der Waals surface area contributed by atoms with Crippen molar-refractivity contribution in [1.82, 2.24) is 19.9 Å². The number of aryl methyl sites for hydroxylation is 1. The Morgan fingerprint density at radius 1 is 0.862 bits per heavy atom. The maximum absolute atomic E-state index is 10.3. The quantitative estimate of drug-likeness (QED) is 0.204. The van der Waals surface area contributed by atoms with E-state index in [1.807, 2.05) is 6.92 Å². The number of nitrogen functional groups attached to an aromatic ring is 1. The van der Waals surface area contributed by atoms with Crippen LogP contribution < -0.4 is 15.2 Å². The Kier molecular flexibility index (Phi) is 5.73. The molecule has 6 N–H and O–H groups in total. The first-order valence-electron chi connectivity index (χ1n) is 8.11. The van der Waals surface area contributed by atoms with E-state index in [0.717, 1.165) is 11.9 Å². The zero-order valence-corrected chi connectivity index (χ0v) is 16.6. The Balaban J connectivity index is 1.86. The van der Waals surface area contributed by atoms with Gasteiger partial charge in [0, 0.05) is 12.4 Å². The average molecular weight is 466 g/mol. The third-order valence-electron chi connectivity index (χ3n) is 3.74. The molecule has 0 aliphatic rings. The molecule has 0 aliphatic heterocycles. The van der Waals surface area contributed by atoms with Crippen LogP contribution in [0.5, 0.6) is 34.9 Å². The van der Waals surface area contributed by atoms with E-state index < -0.39 is 23.0 Å². The third-order valence-corrected chi connectivity index (χ3v) is 4.49. The van der Waals surface area contributed by atoms with E-state index in [1.54, 1.807) is 12.4 Å². The minimum absolute atomic E-state index is 0.0172. The lowest BCUT2D eigenvalue weighted by atomic mass is 10.0. The van der Waals surface area contributed by atoms with E-state index in [9.17, 15) is 20.4 Å². The Morgan fingerprint density at radius 2 is 1.45 bits per heavy atom. The maximum Gasteiger partial charge on any atom is 0.316 e. The molecule has 29 heavy (non-hydrogen) atoms. The first kappa shape index (κ1) is 20.2. The van der Waals surface area contributed by atoms with Crippen LogP contribution in [0.2, 0.25) is 0 Å². The predicted octanol–water partition coefficient (Wildman–Crippen LogP) is 1.87. The van der Waals surface area contributed by atoms with Crippen molar-refractivity contribution in [3.8, 4) is 46.0 Å². The summed E-state index contributed by atoms with van der Waals surface area (Å²) in [5.41, 5.74) is 6.24. The molecular formula is C17H16BrN5O6. The third kappa shape index (κ3) is 4.01. The van der Waals surface area contributed by atoms with Crippen molar-refractivity contribution < 1.29 is 29.9 Å². The number of phenolic OH excluding ortho intramolecular Hbond substituents is 4. The van der Waals surface area contributed by atoms with Crippen molar-refractivity contribution in [1.29, 1.82) is 0 Å². The molecule has 1 aromatic carbocycles. The minimum atomic E-state index is -0.747. The summed E-state index contributed by atoms with van der Waals surface area (Å²) < 4.78 is 10.6. The second kappa shape index (κ2) is 8.22. The molecular weight excluding hydrogens is 450 g/mol. The van der Waals surface area contributed by atoms with Crippen LogP contribution in [0.1, 0.15) is 5.56 Å². The van der Waals surface area contributed by atoms with Gasteiger partial charge in [-0.2, -0.15) is 0 Å². The molecule has 12 heteroatoms. The minimum Gasteiger partial charge on any atom is -0.504 e. The molecule has 0 amide bonds. The van der Waals surface area contributed by atoms with Crippen LogP contribution >= 0.6 is 15.9 Å². The van der Waals surface area contributed by atoms with Crippen molar-refractivity contribution in [3.63, 3.8) is 0 Å². The molecule has 3 rings (SSSR count). The lowest BCUT2D eigenvalue weighted by molar-refractivity contribution is 0.202. The Labute approximate surface area is 172 Å². The summed E-state index contributed by atoms with van der Waals surface area (Å²) in [6, 6.07) is 0.166. The highest BCUT2D eigenvalue weighted by Gasteiger charge is 2.28. The van der Waals surface area contributed by atoms with Gasteiger partial charge in [0.05, 0.1) is 11.1 Å². The number of nitrogens with two attached hydrogens (primary N) is 1. The van der Waals surface area contributed by atoms with Crippen LogP contribution in [-0.2, 0) is 0 Å². The van der Waals surface area contributed by atoms with Crippen LogP contribution in [0.4, 0.5) is 5.82 Å². The number of hydrogen-bond donors (Lipinski definition) is 5. The second-order valence-corrected chi connectivity index (χ2v) is 6.56. The van der Waals surface area contributed by atoms with Crippen molar-refractivity contribution in [2.75, 3.05) is 18.9 Å². The number of hydrogen-bond acceptors (Lipinski definition) is 11. The summed E-state index contributed by atoms with van der Waals surface area (Å²) >= 11 is 2.86. The fraction of sp³-hybridized carbons (Fsp3) is 0.176. The Bertz CT molecular complexity index is 1020. The van der Waals surface area contributed by atoms with E-state index in [-0.39, 0.29) is 46.5 Å². The van der Waals surface area contributed by atoms with Gasteiger partial charge in [0.25, 0.3) is 0 Å². The normalized spacial score (nSPS) is 10.7. The van der Waals surface area contributed by atoms with Crippen LogP contribution in [0, 0.1) is 6.92 Å². The molecule has 0 saturated heterocycles. The van der Waals surface area contributed by atoms with Crippen molar-refractivity contribution in [2.45, 2.75) is 6.92 Å². The van der Waals surface area contributed by atoms with Gasteiger partial charge in [-0.15, -0.1) is 0 Å². The van der Waals surface area contributed by atoms with E-state index in [4.69, 9.17) is 15.2 Å². The van der Waals surface area contributed by atoms with Gasteiger partial charge in [-0.1, -0.05) is 0 Å². The summed E-state index contributed by atoms with van der Waals surface area (Å²) in [5, 5.41) is 40.5. The van der Waals surface area contributed by atoms with Gasteiger partial charge >= 0.3 is 6.01 Å². The number of aromatic nitrogens is 4. The number of benzene rings is 1. The fourth-order valence-corrected chi connectivity index (χ4v) is 2.73. The maximum atomic E-state index is 10.3. The molecule has 0 atom stereocenters. The van der Waals surface area contributed by atoms with Gasteiger partial charge in [-0.25, -0.2) is 19.9 Å². The summed E-state index contributed by atoms with van der Waals surface area (Å²) in [4.78, 5) is 15.7. The van der Waals surface area contributed by atoms with Crippen LogP contribution in [-0.4, -0.2) is 53.6 Å². The van der Waals surface area contributed by atoms with E-state index in [0.29, 0.717) is 0 Å². The number of rotatable bonds is 6. The largest absolute Gasteiger partial charge is 0.504 e. The van der Waals surface area contributed by atoms with Crippen molar-refractivity contribution >= 4 is 21.7 Å². The van der Waals surface area contributed by atoms with Crippen LogP contribution in [0.25, 0.3) is 11.1 Å². The Morgan fingerprint density at radius 3 is 2.07 bits per heavy atom. The Hall–Kier alpha value is -3.54. The topological polar surface area (TPSA) is 177 Å². The molecule has 0 spiro atoms. The molecule has 0 fully saturated rings. The molecule has 2 heterocycles. The number of ether oxygens (including phenoxy) is 2. The zero-order valence-electron chi connectivity index (χ0n) is 15.0. The molecule has 11 nitrogen and oxygen atoms in total. The highest BCUT2D eigenvalue weighted by molar-refractivity contribution is 9.10. The number of aromatic hydroxyl groups is 4. The molecule has 0 saturated carbocycles. The summed E-state index contributed by atoms with van der Waals surface area (Å²) in [7, 11) is 0. The summed E-state index contributed by atoms with van der Waals surface area (Å²) in [6.07, 6.45) is 4.32. The molecule has 0 aliphatic carbocycles. The van der Waals surface area contributed by atoms with Gasteiger partial charge in [-0.05, 0) is 28.4 Å². The smallest absolute Gasteiger partial charge is 0.316 e. The summed E-state index contributed by atoms with van der Waals surface area (Å²) in [5.74, 6) is -3.18. The molecule has 3 aromatic rings. The van der Waals surface area contributed by atoms with Gasteiger partial charge < -0.3 is 35.6 Å². The number of phenols is 4. The molecule has 152 valence electrons. The van der Waals surface area contributed by atoms with E-state index >= 15 is 0 Å². The molecule has 0 unspecified atom stereocenters. The summed E-state index contributed by atoms with van der Waals surface area (Å²) in [6.45, 7) is 1.88.